The zero-order valence-electron chi connectivity index (χ0n) is 26.4. The number of hydrogen-bond acceptors (Lipinski definition) is 8. The van der Waals surface area contributed by atoms with E-state index in [0.29, 0.717) is 28.3 Å². The number of rotatable bonds is 8. The van der Waals surface area contributed by atoms with Crippen molar-refractivity contribution in [2.45, 2.75) is 69.7 Å². The molecular formula is C33H43N7O2S2. The highest BCUT2D eigenvalue weighted by molar-refractivity contribution is 7.97. The standard InChI is InChI=1S/C29H31N7O2S2.2C2H6/c1-3-21-9-11-24(12-10-21)39-33-23-13-15-35(16-14-23)28-26-17-27(22-18-32-34(2)19-22)36(29(26)31-20-30-28)40(37,38)25-7-5-4-6-8-25;2*1-2/h4-12,17-20,23,33H,3,13-16H2,1-2H3;2*1-2H3. The van der Waals surface area contributed by atoms with E-state index in [2.05, 4.69) is 55.9 Å². The van der Waals surface area contributed by atoms with Gasteiger partial charge >= 0.3 is 0 Å². The monoisotopic (exact) mass is 633 g/mol. The van der Waals surface area contributed by atoms with E-state index in [-0.39, 0.29) is 4.90 Å². The van der Waals surface area contributed by atoms with Crippen LogP contribution in [0.5, 0.6) is 0 Å². The molecule has 3 aromatic heterocycles. The Morgan fingerprint density at radius 2 is 1.64 bits per heavy atom. The summed E-state index contributed by atoms with van der Waals surface area (Å²) in [5.41, 5.74) is 2.90. The highest BCUT2D eigenvalue weighted by atomic mass is 32.2. The number of anilines is 1. The molecule has 4 heterocycles. The number of hydrogen-bond donors (Lipinski definition) is 1. The molecule has 1 saturated heterocycles. The quantitative estimate of drug-likeness (QED) is 0.183. The van der Waals surface area contributed by atoms with Crippen molar-refractivity contribution < 1.29 is 8.42 Å². The van der Waals surface area contributed by atoms with Gasteiger partial charge < -0.3 is 4.90 Å². The van der Waals surface area contributed by atoms with Gasteiger partial charge in [0.1, 0.15) is 12.1 Å². The van der Waals surface area contributed by atoms with Crippen molar-refractivity contribution in [1.29, 1.82) is 0 Å². The summed E-state index contributed by atoms with van der Waals surface area (Å²) < 4.78 is 34.4. The van der Waals surface area contributed by atoms with E-state index in [0.717, 1.165) is 38.2 Å². The molecular weight excluding hydrogens is 591 g/mol. The molecule has 44 heavy (non-hydrogen) atoms. The van der Waals surface area contributed by atoms with Crippen molar-refractivity contribution in [2.24, 2.45) is 7.05 Å². The average molecular weight is 634 g/mol. The van der Waals surface area contributed by atoms with Gasteiger partial charge in [0.05, 0.1) is 22.2 Å². The van der Waals surface area contributed by atoms with E-state index in [1.807, 2.05) is 47.0 Å². The molecule has 1 N–H and O–H groups in total. The first-order valence-corrected chi connectivity index (χ1v) is 17.6. The largest absolute Gasteiger partial charge is 0.356 e. The number of nitrogens with one attached hydrogen (secondary N) is 1. The Morgan fingerprint density at radius 1 is 0.955 bits per heavy atom. The zero-order valence-corrected chi connectivity index (χ0v) is 28.1. The van der Waals surface area contributed by atoms with Crippen LogP contribution in [0.3, 0.4) is 0 Å². The van der Waals surface area contributed by atoms with E-state index in [9.17, 15) is 8.42 Å². The minimum absolute atomic E-state index is 0.200. The summed E-state index contributed by atoms with van der Waals surface area (Å²) in [6.07, 6.45) is 7.88. The van der Waals surface area contributed by atoms with Gasteiger partial charge in [0.2, 0.25) is 0 Å². The number of piperidine rings is 1. The van der Waals surface area contributed by atoms with Crippen LogP contribution in [0, 0.1) is 0 Å². The fourth-order valence-corrected chi connectivity index (χ4v) is 7.39. The molecule has 1 fully saturated rings. The molecule has 11 heteroatoms. The van der Waals surface area contributed by atoms with Crippen molar-refractivity contribution in [3.8, 4) is 11.3 Å². The van der Waals surface area contributed by atoms with Crippen LogP contribution < -0.4 is 9.62 Å². The molecule has 0 saturated carbocycles. The van der Waals surface area contributed by atoms with Gasteiger partial charge in [-0.05, 0) is 67.1 Å². The molecule has 0 spiro atoms. The summed E-state index contributed by atoms with van der Waals surface area (Å²) in [7, 11) is -2.12. The van der Waals surface area contributed by atoms with Gasteiger partial charge in [-0.25, -0.2) is 22.4 Å². The topological polar surface area (TPSA) is 97.9 Å². The molecule has 2 aromatic carbocycles. The van der Waals surface area contributed by atoms with Crippen molar-refractivity contribution >= 4 is 38.8 Å². The highest BCUT2D eigenvalue weighted by Gasteiger charge is 2.29. The Kier molecular flexibility index (Phi) is 11.6. The van der Waals surface area contributed by atoms with Crippen LogP contribution in [0.4, 0.5) is 5.82 Å². The third-order valence-electron chi connectivity index (χ3n) is 7.29. The van der Waals surface area contributed by atoms with E-state index < -0.39 is 10.0 Å². The number of benzene rings is 2. The first-order chi connectivity index (χ1) is 21.4. The molecule has 0 radical (unpaired) electrons. The smallest absolute Gasteiger partial charge is 0.269 e. The van der Waals surface area contributed by atoms with E-state index in [1.165, 1.54) is 20.8 Å². The Balaban J connectivity index is 0.00000106. The molecule has 0 atom stereocenters. The third kappa shape index (κ3) is 7.17. The van der Waals surface area contributed by atoms with Crippen molar-refractivity contribution in [3.05, 3.63) is 84.9 Å². The maximum absolute atomic E-state index is 13.9. The fourth-order valence-electron chi connectivity index (χ4n) is 5.08. The second-order valence-corrected chi connectivity index (χ2v) is 12.6. The molecule has 0 aliphatic carbocycles. The van der Waals surface area contributed by atoms with Gasteiger partial charge in [0, 0.05) is 42.8 Å². The molecule has 234 valence electrons. The van der Waals surface area contributed by atoms with Gasteiger partial charge in [-0.3, -0.25) is 9.40 Å². The number of aromatic nitrogens is 5. The molecule has 5 aromatic rings. The first kappa shape index (κ1) is 33.2. The number of nitrogens with zero attached hydrogens (tertiary/aromatic N) is 6. The van der Waals surface area contributed by atoms with Gasteiger partial charge in [-0.15, -0.1) is 0 Å². The summed E-state index contributed by atoms with van der Waals surface area (Å²) in [5.74, 6) is 0.749. The highest BCUT2D eigenvalue weighted by Crippen LogP contribution is 2.35. The van der Waals surface area contributed by atoms with E-state index >= 15 is 0 Å². The summed E-state index contributed by atoms with van der Waals surface area (Å²) in [5, 5.41) is 4.99. The van der Waals surface area contributed by atoms with Gasteiger partial charge in [0.15, 0.2) is 5.65 Å². The maximum Gasteiger partial charge on any atom is 0.269 e. The molecule has 0 unspecified atom stereocenters. The molecule has 1 aliphatic heterocycles. The van der Waals surface area contributed by atoms with Crippen molar-refractivity contribution in [3.63, 3.8) is 0 Å². The lowest BCUT2D eigenvalue weighted by Gasteiger charge is -2.33. The fraction of sp³-hybridized carbons (Fsp3) is 0.364. The van der Waals surface area contributed by atoms with Crippen LogP contribution in [-0.2, 0) is 23.5 Å². The molecule has 0 bridgehead atoms. The third-order valence-corrected chi connectivity index (χ3v) is 9.96. The van der Waals surface area contributed by atoms with Crippen LogP contribution in [0.15, 0.2) is 89.2 Å². The summed E-state index contributed by atoms with van der Waals surface area (Å²) in [4.78, 5) is 12.7. The van der Waals surface area contributed by atoms with Crippen LogP contribution in [-0.4, -0.2) is 51.3 Å². The van der Waals surface area contributed by atoms with Gasteiger partial charge in [-0.1, -0.05) is 65.0 Å². The second-order valence-electron chi connectivity index (χ2n) is 9.93. The van der Waals surface area contributed by atoms with Crippen molar-refractivity contribution in [1.82, 2.24) is 28.4 Å². The van der Waals surface area contributed by atoms with E-state index in [4.69, 9.17) is 0 Å². The minimum Gasteiger partial charge on any atom is -0.356 e. The maximum atomic E-state index is 13.9. The van der Waals surface area contributed by atoms with Gasteiger partial charge in [-0.2, -0.15) is 5.10 Å². The van der Waals surface area contributed by atoms with Crippen LogP contribution in [0.25, 0.3) is 22.3 Å². The summed E-state index contributed by atoms with van der Waals surface area (Å²) in [6, 6.07) is 19.4. The Morgan fingerprint density at radius 3 is 2.25 bits per heavy atom. The molecule has 6 rings (SSSR count). The number of fused-ring (bicyclic) bond motifs is 1. The SMILES string of the molecule is CC.CC.CCc1ccc(SNC2CCN(c3ncnc4c3cc(-c3cnn(C)c3)n4S(=O)(=O)c3ccccc3)CC2)cc1. The van der Waals surface area contributed by atoms with Crippen LogP contribution >= 0.6 is 11.9 Å². The van der Waals surface area contributed by atoms with E-state index in [1.54, 1.807) is 53.2 Å². The van der Waals surface area contributed by atoms with Crippen molar-refractivity contribution in [2.75, 3.05) is 18.0 Å². The summed E-state index contributed by atoms with van der Waals surface area (Å²) >= 11 is 1.68. The van der Waals surface area contributed by atoms with Crippen LogP contribution in [0.1, 0.15) is 53.0 Å². The zero-order chi connectivity index (χ0) is 31.7. The number of aryl methyl sites for hydroxylation is 2. The second kappa shape index (κ2) is 15.4. The minimum atomic E-state index is -3.93. The Bertz CT molecular complexity index is 1730. The van der Waals surface area contributed by atoms with Gasteiger partial charge in [0.25, 0.3) is 10.0 Å². The molecule has 0 amide bonds. The predicted molar refractivity (Wildman–Crippen MR) is 181 cm³/mol. The summed E-state index contributed by atoms with van der Waals surface area (Å²) in [6.45, 7) is 11.8. The lowest BCUT2D eigenvalue weighted by molar-refractivity contribution is 0.477. The Labute approximate surface area is 265 Å². The average Bonchev–Trinajstić information content (AvgIpc) is 3.70. The first-order valence-electron chi connectivity index (χ1n) is 15.4. The molecule has 9 nitrogen and oxygen atoms in total. The van der Waals surface area contributed by atoms with Crippen LogP contribution in [0.2, 0.25) is 0 Å². The predicted octanol–water partition coefficient (Wildman–Crippen LogP) is 6.95. The lowest BCUT2D eigenvalue weighted by atomic mass is 10.1. The molecule has 1 aliphatic rings. The Hall–Kier alpha value is -3.67. The normalized spacial score (nSPS) is 13.6. The lowest BCUT2D eigenvalue weighted by Crippen LogP contribution is -2.40.